The largest absolute Gasteiger partial charge is 0.495 e. The second-order valence-corrected chi connectivity index (χ2v) is 2.75. The number of benzene rings is 1. The molecule has 0 spiro atoms. The molecule has 1 amide bonds. The molecule has 1 rings (SSSR count). The number of nitrogens with one attached hydrogen (secondary N) is 1. The number of carbonyl (C=O) groups excluding carboxylic acids is 1. The van der Waals surface area contributed by atoms with E-state index in [0.29, 0.717) is 17.0 Å². The zero-order valence-electron chi connectivity index (χ0n) is 8.28. The number of methoxy groups -OCH3 is 1. The Bertz CT molecular complexity index is 410. The molecule has 0 fully saturated rings. The van der Waals surface area contributed by atoms with Crippen molar-refractivity contribution in [1.29, 1.82) is 5.26 Å². The first-order valence-corrected chi connectivity index (χ1v) is 4.30. The van der Waals surface area contributed by atoms with Crippen molar-refractivity contribution in [3.05, 3.63) is 23.8 Å². The van der Waals surface area contributed by atoms with Gasteiger partial charge in [-0.2, -0.15) is 5.26 Å². The predicted octanol–water partition coefficient (Wildman–Crippen LogP) is 0.464. The third-order valence-corrected chi connectivity index (χ3v) is 1.82. The molecule has 0 aliphatic heterocycles. The Hall–Kier alpha value is -2.06. The van der Waals surface area contributed by atoms with Crippen LogP contribution in [0.15, 0.2) is 18.2 Å². The van der Waals surface area contributed by atoms with Crippen molar-refractivity contribution in [3.63, 3.8) is 0 Å². The van der Waals surface area contributed by atoms with E-state index in [1.54, 1.807) is 18.2 Å². The molecule has 0 radical (unpaired) electrons. The van der Waals surface area contributed by atoms with Gasteiger partial charge >= 0.3 is 0 Å². The molecule has 78 valence electrons. The molecule has 1 aromatic carbocycles. The highest BCUT2D eigenvalue weighted by Crippen LogP contribution is 2.27. The molecule has 0 aromatic heterocycles. The van der Waals surface area contributed by atoms with Crippen LogP contribution < -0.4 is 15.8 Å². The number of hydrogen-bond acceptors (Lipinski definition) is 4. The van der Waals surface area contributed by atoms with E-state index >= 15 is 0 Å². The molecule has 0 bridgehead atoms. The molecular weight excluding hydrogens is 194 g/mol. The van der Waals surface area contributed by atoms with Crippen molar-refractivity contribution in [3.8, 4) is 11.8 Å². The van der Waals surface area contributed by atoms with Gasteiger partial charge in [0.05, 0.1) is 19.2 Å². The molecule has 0 aliphatic rings. The number of rotatable bonds is 3. The van der Waals surface area contributed by atoms with Crippen LogP contribution >= 0.6 is 0 Å². The van der Waals surface area contributed by atoms with Crippen LogP contribution in [0.1, 0.15) is 5.56 Å². The first-order valence-electron chi connectivity index (χ1n) is 4.30. The number of carbonyl (C=O) groups is 1. The summed E-state index contributed by atoms with van der Waals surface area (Å²) in [5.74, 6) is 0.0758. The number of anilines is 1. The van der Waals surface area contributed by atoms with E-state index < -0.39 is 0 Å². The highest BCUT2D eigenvalue weighted by Gasteiger charge is 2.10. The maximum atomic E-state index is 11.1. The SMILES string of the molecule is COc1cccc(C#N)c1NC(=O)CN. The van der Waals surface area contributed by atoms with Crippen molar-refractivity contribution in [2.75, 3.05) is 19.0 Å². The Balaban J connectivity index is 3.12. The summed E-state index contributed by atoms with van der Waals surface area (Å²) in [7, 11) is 1.47. The smallest absolute Gasteiger partial charge is 0.238 e. The molecule has 0 aliphatic carbocycles. The van der Waals surface area contributed by atoms with Crippen LogP contribution in [0, 0.1) is 11.3 Å². The van der Waals surface area contributed by atoms with Gasteiger partial charge in [-0.15, -0.1) is 0 Å². The second kappa shape index (κ2) is 4.98. The highest BCUT2D eigenvalue weighted by atomic mass is 16.5. The van der Waals surface area contributed by atoms with E-state index in [2.05, 4.69) is 5.32 Å². The summed E-state index contributed by atoms with van der Waals surface area (Å²) in [5, 5.41) is 11.4. The zero-order valence-corrected chi connectivity index (χ0v) is 8.28. The molecular formula is C10H11N3O2. The summed E-state index contributed by atoms with van der Waals surface area (Å²) >= 11 is 0. The van der Waals surface area contributed by atoms with Crippen LogP contribution in [-0.4, -0.2) is 19.6 Å². The summed E-state index contributed by atoms with van der Waals surface area (Å²) in [6.45, 7) is -0.136. The molecule has 0 unspecified atom stereocenters. The second-order valence-electron chi connectivity index (χ2n) is 2.75. The van der Waals surface area contributed by atoms with Crippen molar-refractivity contribution >= 4 is 11.6 Å². The van der Waals surface area contributed by atoms with Gasteiger partial charge in [0.1, 0.15) is 17.5 Å². The van der Waals surface area contributed by atoms with Crippen LogP contribution in [0.3, 0.4) is 0 Å². The number of nitriles is 1. The first kappa shape index (κ1) is 11.0. The minimum absolute atomic E-state index is 0.136. The molecule has 1 aromatic rings. The van der Waals surface area contributed by atoms with E-state index in [-0.39, 0.29) is 12.5 Å². The zero-order chi connectivity index (χ0) is 11.3. The van der Waals surface area contributed by atoms with Crippen molar-refractivity contribution in [2.24, 2.45) is 5.73 Å². The van der Waals surface area contributed by atoms with E-state index in [1.807, 2.05) is 6.07 Å². The average molecular weight is 205 g/mol. The van der Waals surface area contributed by atoms with Gasteiger partial charge in [-0.25, -0.2) is 0 Å². The van der Waals surface area contributed by atoms with Gasteiger partial charge in [-0.3, -0.25) is 4.79 Å². The topological polar surface area (TPSA) is 88.1 Å². The lowest BCUT2D eigenvalue weighted by Gasteiger charge is -2.10. The molecule has 0 heterocycles. The minimum Gasteiger partial charge on any atom is -0.495 e. The molecule has 0 atom stereocenters. The number of ether oxygens (including phenoxy) is 1. The lowest BCUT2D eigenvalue weighted by Crippen LogP contribution is -2.22. The van der Waals surface area contributed by atoms with E-state index in [0.717, 1.165) is 0 Å². The minimum atomic E-state index is -0.365. The van der Waals surface area contributed by atoms with E-state index in [1.165, 1.54) is 7.11 Å². The van der Waals surface area contributed by atoms with Crippen molar-refractivity contribution in [2.45, 2.75) is 0 Å². The summed E-state index contributed by atoms with van der Waals surface area (Å²) < 4.78 is 5.03. The van der Waals surface area contributed by atoms with Gasteiger partial charge < -0.3 is 15.8 Å². The maximum Gasteiger partial charge on any atom is 0.238 e. The predicted molar refractivity (Wildman–Crippen MR) is 55.4 cm³/mol. The number of nitrogens with zero attached hydrogens (tertiary/aromatic N) is 1. The van der Waals surface area contributed by atoms with E-state index in [4.69, 9.17) is 15.7 Å². The Morgan fingerprint density at radius 3 is 2.93 bits per heavy atom. The number of nitrogens with two attached hydrogens (primary N) is 1. The molecule has 5 nitrogen and oxygen atoms in total. The Morgan fingerprint density at radius 1 is 1.67 bits per heavy atom. The van der Waals surface area contributed by atoms with Crippen LogP contribution in [0.2, 0.25) is 0 Å². The highest BCUT2D eigenvalue weighted by molar-refractivity contribution is 5.95. The lowest BCUT2D eigenvalue weighted by atomic mass is 10.2. The Kier molecular flexibility index (Phi) is 3.66. The average Bonchev–Trinajstić information content (AvgIpc) is 2.29. The monoisotopic (exact) mass is 205 g/mol. The van der Waals surface area contributed by atoms with Crippen molar-refractivity contribution < 1.29 is 9.53 Å². The molecule has 0 saturated carbocycles. The fourth-order valence-corrected chi connectivity index (χ4v) is 1.11. The standard InChI is InChI=1S/C10H11N3O2/c1-15-8-4-2-3-7(5-11)10(8)13-9(14)6-12/h2-4H,6,12H2,1H3,(H,13,14). The van der Waals surface area contributed by atoms with Gasteiger partial charge in [0.25, 0.3) is 0 Å². The van der Waals surface area contributed by atoms with Gasteiger partial charge in [-0.1, -0.05) is 6.07 Å². The van der Waals surface area contributed by atoms with Crippen LogP contribution in [0.4, 0.5) is 5.69 Å². The molecule has 3 N–H and O–H groups in total. The van der Waals surface area contributed by atoms with Gasteiger partial charge in [0, 0.05) is 0 Å². The third-order valence-electron chi connectivity index (χ3n) is 1.82. The fourth-order valence-electron chi connectivity index (χ4n) is 1.11. The van der Waals surface area contributed by atoms with Crippen LogP contribution in [0.5, 0.6) is 5.75 Å². The van der Waals surface area contributed by atoms with Gasteiger partial charge in [-0.05, 0) is 12.1 Å². The Labute approximate surface area is 87.4 Å². The van der Waals surface area contributed by atoms with Gasteiger partial charge in [0.15, 0.2) is 0 Å². The van der Waals surface area contributed by atoms with Crippen LogP contribution in [0.25, 0.3) is 0 Å². The Morgan fingerprint density at radius 2 is 2.40 bits per heavy atom. The number of para-hydroxylation sites is 1. The van der Waals surface area contributed by atoms with Crippen LogP contribution in [-0.2, 0) is 4.79 Å². The first-order chi connectivity index (χ1) is 7.22. The molecule has 15 heavy (non-hydrogen) atoms. The lowest BCUT2D eigenvalue weighted by molar-refractivity contribution is -0.114. The number of amides is 1. The molecule has 5 heteroatoms. The summed E-state index contributed by atoms with van der Waals surface area (Å²) in [4.78, 5) is 11.1. The molecule has 0 saturated heterocycles. The normalized spacial score (nSPS) is 9.13. The quantitative estimate of drug-likeness (QED) is 0.750. The third kappa shape index (κ3) is 2.45. The summed E-state index contributed by atoms with van der Waals surface area (Å²) in [5.41, 5.74) is 5.87. The summed E-state index contributed by atoms with van der Waals surface area (Å²) in [6.07, 6.45) is 0. The van der Waals surface area contributed by atoms with E-state index in [9.17, 15) is 4.79 Å². The number of hydrogen-bond donors (Lipinski definition) is 2. The van der Waals surface area contributed by atoms with Crippen molar-refractivity contribution in [1.82, 2.24) is 0 Å². The van der Waals surface area contributed by atoms with Gasteiger partial charge in [0.2, 0.25) is 5.91 Å². The fraction of sp³-hybridized carbons (Fsp3) is 0.200. The maximum absolute atomic E-state index is 11.1. The summed E-state index contributed by atoms with van der Waals surface area (Å²) in [6, 6.07) is 6.89.